The second-order valence-electron chi connectivity index (χ2n) is 3.07. The molecule has 0 bridgehead atoms. The van der Waals surface area contributed by atoms with Crippen molar-refractivity contribution in [3.8, 4) is 0 Å². The van der Waals surface area contributed by atoms with E-state index in [1.807, 2.05) is 25.8 Å². The van der Waals surface area contributed by atoms with Crippen LogP contribution >= 0.6 is 0 Å². The molecule has 0 aliphatic carbocycles. The molecular weight excluding hydrogens is 142 g/mol. The van der Waals surface area contributed by atoms with Gasteiger partial charge in [0.15, 0.2) is 0 Å². The van der Waals surface area contributed by atoms with Gasteiger partial charge in [-0.1, -0.05) is 13.8 Å². The van der Waals surface area contributed by atoms with Crippen molar-refractivity contribution < 1.29 is 10.2 Å². The van der Waals surface area contributed by atoms with Gasteiger partial charge in [0.05, 0.1) is 6.10 Å². The lowest BCUT2D eigenvalue weighted by Crippen LogP contribution is -2.37. The van der Waals surface area contributed by atoms with Crippen molar-refractivity contribution >= 4 is 0 Å². The molecule has 68 valence electrons. The third-order valence-electron chi connectivity index (χ3n) is 1.79. The van der Waals surface area contributed by atoms with E-state index in [1.54, 1.807) is 6.92 Å². The minimum absolute atomic E-state index is 0.564. The van der Waals surface area contributed by atoms with E-state index in [-0.39, 0.29) is 0 Å². The number of hydrogen-bond donors (Lipinski definition) is 2. The predicted molar refractivity (Wildman–Crippen MR) is 45.5 cm³/mol. The summed E-state index contributed by atoms with van der Waals surface area (Å²) >= 11 is 0. The smallest absolute Gasteiger partial charge is 0.102 e. The van der Waals surface area contributed by atoms with Crippen molar-refractivity contribution in [3.63, 3.8) is 0 Å². The van der Waals surface area contributed by atoms with Crippen LogP contribution < -0.4 is 0 Å². The molecule has 1 saturated heterocycles. The Morgan fingerprint density at radius 2 is 1.91 bits per heavy atom. The van der Waals surface area contributed by atoms with Crippen molar-refractivity contribution in [2.24, 2.45) is 0 Å². The molecule has 1 heterocycles. The van der Waals surface area contributed by atoms with Crippen LogP contribution in [-0.2, 0) is 0 Å². The highest BCUT2D eigenvalue weighted by molar-refractivity contribution is 4.92. The second-order valence-corrected chi connectivity index (χ2v) is 3.07. The first-order valence-corrected chi connectivity index (χ1v) is 4.11. The Balaban J connectivity index is 0.000000461. The topological polar surface area (TPSA) is 43.7 Å². The van der Waals surface area contributed by atoms with E-state index in [2.05, 4.69) is 0 Å². The largest absolute Gasteiger partial charge is 0.389 e. The summed E-state index contributed by atoms with van der Waals surface area (Å²) in [7, 11) is 1.88. The first kappa shape index (κ1) is 10.9. The van der Waals surface area contributed by atoms with Gasteiger partial charge >= 0.3 is 0 Å². The summed E-state index contributed by atoms with van der Waals surface area (Å²) in [6.45, 7) is 6.79. The third-order valence-corrected chi connectivity index (χ3v) is 1.79. The summed E-state index contributed by atoms with van der Waals surface area (Å²) in [4.78, 5) is 1.91. The zero-order chi connectivity index (χ0) is 9.07. The Labute approximate surface area is 68.6 Å². The van der Waals surface area contributed by atoms with Gasteiger partial charge in [0.25, 0.3) is 0 Å². The molecule has 1 aliphatic heterocycles. The van der Waals surface area contributed by atoms with Gasteiger partial charge < -0.3 is 15.1 Å². The van der Waals surface area contributed by atoms with Crippen LogP contribution in [0.4, 0.5) is 0 Å². The van der Waals surface area contributed by atoms with E-state index in [4.69, 9.17) is 5.11 Å². The molecule has 2 atom stereocenters. The maximum atomic E-state index is 9.34. The molecule has 1 rings (SSSR count). The standard InChI is InChI=1S/C6H13NO2.C2H6/c1-6(9)4-7(2)3-5(6)8;1-2/h5,8-9H,3-4H2,1-2H3;1-2H3. The van der Waals surface area contributed by atoms with E-state index in [0.717, 1.165) is 0 Å². The molecule has 2 unspecified atom stereocenters. The lowest BCUT2D eigenvalue weighted by Gasteiger charge is -2.18. The van der Waals surface area contributed by atoms with E-state index in [1.165, 1.54) is 0 Å². The summed E-state index contributed by atoms with van der Waals surface area (Å²) in [5.41, 5.74) is -0.894. The van der Waals surface area contributed by atoms with Crippen LogP contribution in [0.2, 0.25) is 0 Å². The Bertz CT molecular complexity index is 115. The number of hydrogen-bond acceptors (Lipinski definition) is 3. The molecule has 0 aromatic rings. The zero-order valence-electron chi connectivity index (χ0n) is 7.83. The summed E-state index contributed by atoms with van der Waals surface area (Å²) in [5.74, 6) is 0. The molecule has 0 saturated carbocycles. The van der Waals surface area contributed by atoms with Gasteiger partial charge in [0.2, 0.25) is 0 Å². The maximum absolute atomic E-state index is 9.34. The molecule has 11 heavy (non-hydrogen) atoms. The van der Waals surface area contributed by atoms with Gasteiger partial charge in [-0.05, 0) is 14.0 Å². The van der Waals surface area contributed by atoms with Crippen LogP contribution in [0.15, 0.2) is 0 Å². The van der Waals surface area contributed by atoms with Crippen LogP contribution in [0.5, 0.6) is 0 Å². The van der Waals surface area contributed by atoms with E-state index in [0.29, 0.717) is 13.1 Å². The summed E-state index contributed by atoms with van der Waals surface area (Å²) in [5, 5.41) is 18.5. The SMILES string of the molecule is CC.CN1CC(O)C(C)(O)C1. The average Bonchev–Trinajstić information content (AvgIpc) is 2.10. The monoisotopic (exact) mass is 161 g/mol. The molecule has 0 spiro atoms. The number of rotatable bonds is 0. The van der Waals surface area contributed by atoms with Gasteiger partial charge in [-0.3, -0.25) is 0 Å². The fourth-order valence-electron chi connectivity index (χ4n) is 1.21. The molecule has 0 aromatic carbocycles. The van der Waals surface area contributed by atoms with Crippen molar-refractivity contribution in [2.45, 2.75) is 32.5 Å². The highest BCUT2D eigenvalue weighted by atomic mass is 16.3. The fourth-order valence-corrected chi connectivity index (χ4v) is 1.21. The Hall–Kier alpha value is -0.120. The molecule has 0 amide bonds. The number of nitrogens with zero attached hydrogens (tertiary/aromatic N) is 1. The van der Waals surface area contributed by atoms with Crippen molar-refractivity contribution in [1.29, 1.82) is 0 Å². The van der Waals surface area contributed by atoms with Crippen molar-refractivity contribution in [1.82, 2.24) is 4.90 Å². The number of likely N-dealkylation sites (N-methyl/N-ethyl adjacent to an activating group) is 1. The Morgan fingerprint density at radius 1 is 1.45 bits per heavy atom. The summed E-state index contributed by atoms with van der Waals surface area (Å²) in [6.07, 6.45) is -0.581. The summed E-state index contributed by atoms with van der Waals surface area (Å²) in [6, 6.07) is 0. The predicted octanol–water partition coefficient (Wildman–Crippen LogP) is 0.0699. The van der Waals surface area contributed by atoms with Crippen molar-refractivity contribution in [2.75, 3.05) is 20.1 Å². The minimum atomic E-state index is -0.894. The second kappa shape index (κ2) is 4.04. The van der Waals surface area contributed by atoms with Crippen LogP contribution in [0.1, 0.15) is 20.8 Å². The van der Waals surface area contributed by atoms with Gasteiger partial charge in [-0.2, -0.15) is 0 Å². The first-order chi connectivity index (χ1) is 5.02. The molecule has 0 radical (unpaired) electrons. The van der Waals surface area contributed by atoms with E-state index >= 15 is 0 Å². The number of aliphatic hydroxyl groups excluding tert-OH is 1. The Kier molecular flexibility index (Phi) is 4.00. The molecular formula is C8H19NO2. The number of likely N-dealkylation sites (tertiary alicyclic amines) is 1. The highest BCUT2D eigenvalue weighted by Crippen LogP contribution is 2.18. The summed E-state index contributed by atoms with van der Waals surface area (Å²) < 4.78 is 0. The molecule has 1 aliphatic rings. The van der Waals surface area contributed by atoms with Gasteiger partial charge in [-0.25, -0.2) is 0 Å². The van der Waals surface area contributed by atoms with Gasteiger partial charge in [0, 0.05) is 13.1 Å². The van der Waals surface area contributed by atoms with Crippen LogP contribution in [0, 0.1) is 0 Å². The molecule has 2 N–H and O–H groups in total. The average molecular weight is 161 g/mol. The fraction of sp³-hybridized carbons (Fsp3) is 1.00. The van der Waals surface area contributed by atoms with Gasteiger partial charge in [-0.15, -0.1) is 0 Å². The number of aliphatic hydroxyl groups is 2. The molecule has 3 heteroatoms. The van der Waals surface area contributed by atoms with Crippen LogP contribution in [0.25, 0.3) is 0 Å². The van der Waals surface area contributed by atoms with Crippen LogP contribution in [-0.4, -0.2) is 47.0 Å². The normalized spacial score (nSPS) is 38.2. The zero-order valence-corrected chi connectivity index (χ0v) is 7.83. The highest BCUT2D eigenvalue weighted by Gasteiger charge is 2.38. The third kappa shape index (κ3) is 2.77. The quantitative estimate of drug-likeness (QED) is 0.528. The molecule has 1 fully saturated rings. The van der Waals surface area contributed by atoms with Crippen molar-refractivity contribution in [3.05, 3.63) is 0 Å². The minimum Gasteiger partial charge on any atom is -0.389 e. The van der Waals surface area contributed by atoms with E-state index in [9.17, 15) is 5.11 Å². The number of β-amino-alcohol motifs (C(OH)–C–C–N with tert-alkyl or cyclic N) is 2. The first-order valence-electron chi connectivity index (χ1n) is 4.11. The molecule has 0 aromatic heterocycles. The molecule has 3 nitrogen and oxygen atoms in total. The Morgan fingerprint density at radius 3 is 2.00 bits per heavy atom. The van der Waals surface area contributed by atoms with E-state index < -0.39 is 11.7 Å². The lowest BCUT2D eigenvalue weighted by atomic mass is 10.0. The van der Waals surface area contributed by atoms with Gasteiger partial charge in [0.1, 0.15) is 5.60 Å². The maximum Gasteiger partial charge on any atom is 0.102 e. The lowest BCUT2D eigenvalue weighted by molar-refractivity contribution is -0.0253. The van der Waals surface area contributed by atoms with Crippen LogP contribution in [0.3, 0.4) is 0 Å².